The van der Waals surface area contributed by atoms with E-state index in [4.69, 9.17) is 14.6 Å². The average Bonchev–Trinajstić information content (AvgIpc) is 2.84. The number of rotatable bonds is 6. The summed E-state index contributed by atoms with van der Waals surface area (Å²) < 4.78 is 23.8. The molecule has 6 nitrogen and oxygen atoms in total. The van der Waals surface area contributed by atoms with Crippen LogP contribution in [0.5, 0.6) is 5.75 Å². The summed E-state index contributed by atoms with van der Waals surface area (Å²) in [6, 6.07) is 3.84. The van der Waals surface area contributed by atoms with Crippen LogP contribution in [0.1, 0.15) is 12.8 Å². The Bertz CT molecular complexity index is 574. The van der Waals surface area contributed by atoms with Crippen molar-refractivity contribution in [3.05, 3.63) is 28.5 Å². The van der Waals surface area contributed by atoms with Gasteiger partial charge in [0.2, 0.25) is 0 Å². The molecule has 1 aliphatic heterocycles. The Morgan fingerprint density at radius 3 is 2.86 bits per heavy atom. The van der Waals surface area contributed by atoms with Crippen molar-refractivity contribution in [2.75, 3.05) is 19.8 Å². The fraction of sp³-hybridized carbons (Fsp3) is 0.429. The second-order valence-corrected chi connectivity index (χ2v) is 5.92. The molecule has 1 heterocycles. The first-order valence-electron chi connectivity index (χ1n) is 6.59. The van der Waals surface area contributed by atoms with Gasteiger partial charge >= 0.3 is 5.97 Å². The lowest BCUT2D eigenvalue weighted by molar-refractivity contribution is -0.139. The summed E-state index contributed by atoms with van der Waals surface area (Å²) in [5.74, 6) is -1.56. The number of carboxylic acids is 1. The summed E-state index contributed by atoms with van der Waals surface area (Å²) in [6.07, 6.45) is 0.226. The summed E-state index contributed by atoms with van der Waals surface area (Å²) in [7, 11) is 0. The van der Waals surface area contributed by atoms with Gasteiger partial charge in [0, 0.05) is 6.61 Å². The smallest absolute Gasteiger partial charge is 0.305 e. The molecular formula is C14H15BrFNO5. The molecule has 1 aromatic carbocycles. The highest BCUT2D eigenvalue weighted by molar-refractivity contribution is 9.10. The maximum atomic E-state index is 13.0. The molecule has 1 saturated heterocycles. The Hall–Kier alpha value is -1.67. The number of hydrogen-bond acceptors (Lipinski definition) is 4. The Balaban J connectivity index is 1.92. The van der Waals surface area contributed by atoms with Crippen molar-refractivity contribution in [1.82, 2.24) is 5.32 Å². The number of ether oxygens (including phenoxy) is 2. The first-order valence-corrected chi connectivity index (χ1v) is 7.38. The van der Waals surface area contributed by atoms with Crippen LogP contribution in [0.4, 0.5) is 4.39 Å². The van der Waals surface area contributed by atoms with Crippen LogP contribution >= 0.6 is 15.9 Å². The van der Waals surface area contributed by atoms with Crippen LogP contribution < -0.4 is 10.1 Å². The molecule has 0 saturated carbocycles. The lowest BCUT2D eigenvalue weighted by Gasteiger charge is -2.26. The molecule has 120 valence electrons. The highest BCUT2D eigenvalue weighted by Gasteiger charge is 2.38. The summed E-state index contributed by atoms with van der Waals surface area (Å²) in [5, 5.41) is 11.6. The van der Waals surface area contributed by atoms with Gasteiger partial charge in [-0.2, -0.15) is 0 Å². The number of hydrogen-bond donors (Lipinski definition) is 2. The van der Waals surface area contributed by atoms with Crippen molar-refractivity contribution in [3.63, 3.8) is 0 Å². The number of nitrogens with one attached hydrogen (secondary N) is 1. The van der Waals surface area contributed by atoms with Crippen LogP contribution in [0.25, 0.3) is 0 Å². The van der Waals surface area contributed by atoms with E-state index < -0.39 is 23.2 Å². The fourth-order valence-electron chi connectivity index (χ4n) is 2.25. The van der Waals surface area contributed by atoms with Crippen molar-refractivity contribution in [2.24, 2.45) is 0 Å². The molecule has 0 spiro atoms. The topological polar surface area (TPSA) is 84.9 Å². The van der Waals surface area contributed by atoms with E-state index in [9.17, 15) is 14.0 Å². The highest BCUT2D eigenvalue weighted by Crippen LogP contribution is 2.26. The average molecular weight is 376 g/mol. The van der Waals surface area contributed by atoms with Crippen molar-refractivity contribution in [2.45, 2.75) is 18.4 Å². The first-order chi connectivity index (χ1) is 10.4. The normalized spacial score (nSPS) is 20.6. The maximum absolute atomic E-state index is 13.0. The number of carbonyl (C=O) groups is 2. The van der Waals surface area contributed by atoms with Crippen LogP contribution in [0, 0.1) is 5.82 Å². The second-order valence-electron chi connectivity index (χ2n) is 5.07. The van der Waals surface area contributed by atoms with Gasteiger partial charge in [-0.25, -0.2) is 4.39 Å². The summed E-state index contributed by atoms with van der Waals surface area (Å²) in [5.41, 5.74) is -0.897. The Morgan fingerprint density at radius 2 is 2.27 bits per heavy atom. The van der Waals surface area contributed by atoms with Gasteiger partial charge in [-0.3, -0.25) is 9.59 Å². The van der Waals surface area contributed by atoms with E-state index >= 15 is 0 Å². The maximum Gasteiger partial charge on any atom is 0.305 e. The number of carbonyl (C=O) groups excluding carboxylic acids is 1. The molecule has 1 unspecified atom stereocenters. The molecule has 8 heteroatoms. The van der Waals surface area contributed by atoms with Crippen molar-refractivity contribution in [3.8, 4) is 5.75 Å². The van der Waals surface area contributed by atoms with Gasteiger partial charge in [-0.05, 0) is 40.5 Å². The van der Waals surface area contributed by atoms with E-state index in [1.54, 1.807) is 0 Å². The molecule has 1 aromatic rings. The number of halogens is 2. The molecular weight excluding hydrogens is 361 g/mol. The summed E-state index contributed by atoms with van der Waals surface area (Å²) in [4.78, 5) is 22.9. The van der Waals surface area contributed by atoms with Gasteiger partial charge in [0.1, 0.15) is 11.6 Å². The standard InChI is InChI=1S/C14H15BrFNO5/c15-10-5-9(16)1-2-11(10)22-7-12(18)17-14(6-13(19)20)3-4-21-8-14/h1-2,5H,3-4,6-8H2,(H,17,18)(H,19,20). The lowest BCUT2D eigenvalue weighted by Crippen LogP contribution is -2.51. The number of aliphatic carboxylic acids is 1. The molecule has 2 N–H and O–H groups in total. The van der Waals surface area contributed by atoms with E-state index in [0.717, 1.165) is 0 Å². The molecule has 0 aliphatic carbocycles. The van der Waals surface area contributed by atoms with E-state index in [0.29, 0.717) is 23.2 Å². The van der Waals surface area contributed by atoms with Gasteiger partial charge in [-0.15, -0.1) is 0 Å². The molecule has 2 rings (SSSR count). The molecule has 1 aliphatic rings. The molecule has 0 bridgehead atoms. The molecule has 0 aromatic heterocycles. The Kier molecular flexibility index (Phi) is 5.36. The van der Waals surface area contributed by atoms with Crippen molar-refractivity contribution >= 4 is 27.8 Å². The number of carboxylic acid groups (broad SMARTS) is 1. The Morgan fingerprint density at radius 1 is 1.50 bits per heavy atom. The summed E-state index contributed by atoms with van der Waals surface area (Å²) >= 11 is 3.13. The minimum Gasteiger partial charge on any atom is -0.483 e. The second kappa shape index (κ2) is 7.06. The SMILES string of the molecule is O=C(O)CC1(NC(=O)COc2ccc(F)cc2Br)CCOC1. The summed E-state index contributed by atoms with van der Waals surface area (Å²) in [6.45, 7) is 0.259. The van der Waals surface area contributed by atoms with E-state index in [2.05, 4.69) is 21.2 Å². The minimum atomic E-state index is -1.01. The van der Waals surface area contributed by atoms with Crippen molar-refractivity contribution < 1.29 is 28.6 Å². The van der Waals surface area contributed by atoms with E-state index in [-0.39, 0.29) is 19.6 Å². The van der Waals surface area contributed by atoms with E-state index in [1.165, 1.54) is 18.2 Å². The first kappa shape index (κ1) is 16.7. The third kappa shape index (κ3) is 4.41. The van der Waals surface area contributed by atoms with Crippen LogP contribution in [0.2, 0.25) is 0 Å². The zero-order chi connectivity index (χ0) is 16.2. The molecule has 1 fully saturated rings. The third-order valence-corrected chi connectivity index (χ3v) is 3.87. The van der Waals surface area contributed by atoms with Gasteiger partial charge in [0.25, 0.3) is 5.91 Å². The number of amides is 1. The highest BCUT2D eigenvalue weighted by atomic mass is 79.9. The van der Waals surface area contributed by atoms with Crippen LogP contribution in [0.15, 0.2) is 22.7 Å². The quantitative estimate of drug-likeness (QED) is 0.790. The van der Waals surface area contributed by atoms with Crippen LogP contribution in [-0.4, -0.2) is 42.3 Å². The third-order valence-electron chi connectivity index (χ3n) is 3.25. The molecule has 1 amide bonds. The molecule has 1 atom stereocenters. The Labute approximate surface area is 134 Å². The lowest BCUT2D eigenvalue weighted by atomic mass is 9.94. The van der Waals surface area contributed by atoms with Gasteiger partial charge in [-0.1, -0.05) is 0 Å². The molecule has 0 radical (unpaired) electrons. The van der Waals surface area contributed by atoms with Gasteiger partial charge in [0.15, 0.2) is 6.61 Å². The predicted molar refractivity (Wildman–Crippen MR) is 78.2 cm³/mol. The monoisotopic (exact) mass is 375 g/mol. The zero-order valence-electron chi connectivity index (χ0n) is 11.6. The van der Waals surface area contributed by atoms with Crippen LogP contribution in [-0.2, 0) is 14.3 Å². The molecule has 22 heavy (non-hydrogen) atoms. The minimum absolute atomic E-state index is 0.158. The predicted octanol–water partition coefficient (Wildman–Crippen LogP) is 1.72. The van der Waals surface area contributed by atoms with E-state index in [1.807, 2.05) is 0 Å². The van der Waals surface area contributed by atoms with Crippen LogP contribution in [0.3, 0.4) is 0 Å². The van der Waals surface area contributed by atoms with Gasteiger partial charge < -0.3 is 19.9 Å². The van der Waals surface area contributed by atoms with Gasteiger partial charge in [0.05, 0.1) is 23.0 Å². The number of benzene rings is 1. The zero-order valence-corrected chi connectivity index (χ0v) is 13.2. The van der Waals surface area contributed by atoms with Crippen molar-refractivity contribution in [1.29, 1.82) is 0 Å². The largest absolute Gasteiger partial charge is 0.483 e. The fourth-order valence-corrected chi connectivity index (χ4v) is 2.71.